The third kappa shape index (κ3) is 4.20. The van der Waals surface area contributed by atoms with Gasteiger partial charge in [0.25, 0.3) is 0 Å². The zero-order valence-electron chi connectivity index (χ0n) is 13.0. The van der Waals surface area contributed by atoms with Gasteiger partial charge in [0.1, 0.15) is 5.60 Å². The number of carbonyl (C=O) groups is 1. The van der Waals surface area contributed by atoms with Crippen LogP contribution in [0.4, 0.5) is 0 Å². The van der Waals surface area contributed by atoms with E-state index in [2.05, 4.69) is 17.1 Å². The molecule has 0 amide bonds. The van der Waals surface area contributed by atoms with E-state index in [-0.39, 0.29) is 12.6 Å². The Hall–Kier alpha value is -1.10. The maximum atomic E-state index is 11.5. The normalized spacial score (nSPS) is 29.3. The van der Waals surface area contributed by atoms with E-state index in [9.17, 15) is 4.79 Å². The van der Waals surface area contributed by atoms with E-state index >= 15 is 0 Å². The molecule has 2 unspecified atom stereocenters. The van der Waals surface area contributed by atoms with E-state index < -0.39 is 5.60 Å². The zero-order valence-corrected chi connectivity index (χ0v) is 13.0. The van der Waals surface area contributed by atoms with E-state index in [1.807, 2.05) is 20.8 Å². The van der Waals surface area contributed by atoms with Crippen molar-refractivity contribution in [3.63, 3.8) is 0 Å². The Morgan fingerprint density at radius 2 is 2.15 bits per heavy atom. The highest BCUT2D eigenvalue weighted by molar-refractivity contribution is 5.85. The molecular weight excluding hydrogens is 256 g/mol. The quantitative estimate of drug-likeness (QED) is 0.588. The molecule has 0 aromatic heterocycles. The Kier molecular flexibility index (Phi) is 4.68. The van der Waals surface area contributed by atoms with Crippen LogP contribution in [-0.2, 0) is 14.4 Å². The zero-order chi connectivity index (χ0) is 14.8. The third-order valence-corrected chi connectivity index (χ3v) is 4.01. The number of oxime groups is 1. The van der Waals surface area contributed by atoms with Gasteiger partial charge in [-0.15, -0.1) is 0 Å². The van der Waals surface area contributed by atoms with Gasteiger partial charge in [-0.05, 0) is 59.5 Å². The van der Waals surface area contributed by atoms with Crippen molar-refractivity contribution in [2.24, 2.45) is 11.1 Å². The van der Waals surface area contributed by atoms with Crippen LogP contribution >= 0.6 is 0 Å². The van der Waals surface area contributed by atoms with Crippen molar-refractivity contribution in [1.82, 2.24) is 4.90 Å². The molecule has 2 aliphatic rings. The summed E-state index contributed by atoms with van der Waals surface area (Å²) in [6.07, 6.45) is 4.44. The minimum absolute atomic E-state index is 0.106. The molecule has 5 heteroatoms. The number of hydrogen-bond donors (Lipinski definition) is 0. The summed E-state index contributed by atoms with van der Waals surface area (Å²) < 4.78 is 5.17. The second-order valence-corrected chi connectivity index (χ2v) is 6.86. The number of esters is 1. The predicted molar refractivity (Wildman–Crippen MR) is 77.6 cm³/mol. The van der Waals surface area contributed by atoms with Gasteiger partial charge in [0.05, 0.1) is 5.71 Å². The van der Waals surface area contributed by atoms with Gasteiger partial charge in [-0.1, -0.05) is 5.16 Å². The fourth-order valence-electron chi connectivity index (χ4n) is 3.07. The monoisotopic (exact) mass is 282 g/mol. The smallest absolute Gasteiger partial charge is 0.347 e. The molecular formula is C15H26N2O3. The van der Waals surface area contributed by atoms with Gasteiger partial charge in [-0.2, -0.15) is 0 Å². The highest BCUT2D eigenvalue weighted by atomic mass is 16.7. The van der Waals surface area contributed by atoms with Crippen molar-refractivity contribution >= 4 is 11.7 Å². The van der Waals surface area contributed by atoms with Crippen LogP contribution in [0.1, 0.15) is 46.5 Å². The van der Waals surface area contributed by atoms with E-state index in [1.54, 1.807) is 0 Å². The van der Waals surface area contributed by atoms with Gasteiger partial charge in [-0.3, -0.25) is 0 Å². The lowest BCUT2D eigenvalue weighted by molar-refractivity contribution is -0.160. The molecule has 1 aliphatic carbocycles. The molecule has 0 aromatic rings. The topological polar surface area (TPSA) is 51.1 Å². The maximum Gasteiger partial charge on any atom is 0.347 e. The number of fused-ring (bicyclic) bond motifs is 1. The average molecular weight is 282 g/mol. The van der Waals surface area contributed by atoms with Crippen molar-refractivity contribution in [1.29, 1.82) is 0 Å². The Bertz CT molecular complexity index is 387. The molecule has 2 rings (SSSR count). The first-order valence-electron chi connectivity index (χ1n) is 7.45. The van der Waals surface area contributed by atoms with Crippen LogP contribution in [0.2, 0.25) is 0 Å². The second kappa shape index (κ2) is 6.12. The van der Waals surface area contributed by atoms with Crippen molar-refractivity contribution in [2.45, 2.75) is 58.1 Å². The van der Waals surface area contributed by atoms with Crippen LogP contribution in [-0.4, -0.2) is 48.4 Å². The molecule has 1 saturated heterocycles. The molecule has 0 aromatic carbocycles. The largest absolute Gasteiger partial charge is 0.457 e. The summed E-state index contributed by atoms with van der Waals surface area (Å²) in [7, 11) is 2.18. The summed E-state index contributed by atoms with van der Waals surface area (Å²) in [4.78, 5) is 19.1. The van der Waals surface area contributed by atoms with Crippen LogP contribution in [0.5, 0.6) is 0 Å². The number of carbonyl (C=O) groups excluding carboxylic acids is 1. The molecule has 2 fully saturated rings. The molecule has 1 saturated carbocycles. The standard InChI is InChI=1S/C15H26N2O3/c1-15(2,3)20-14(18)10-19-16-12-6-5-11-7-8-17(4)13(11)9-12/h11,13H,5-10H2,1-4H3/b16-12+. The summed E-state index contributed by atoms with van der Waals surface area (Å²) in [6.45, 7) is 6.60. The van der Waals surface area contributed by atoms with Crippen LogP contribution in [0.25, 0.3) is 0 Å². The predicted octanol–water partition coefficient (Wildman–Crippen LogP) is 2.20. The second-order valence-electron chi connectivity index (χ2n) is 6.86. The Morgan fingerprint density at radius 3 is 2.85 bits per heavy atom. The summed E-state index contributed by atoms with van der Waals surface area (Å²) in [5.41, 5.74) is 0.599. The first-order valence-corrected chi connectivity index (χ1v) is 7.45. The fourth-order valence-corrected chi connectivity index (χ4v) is 3.07. The number of ether oxygens (including phenoxy) is 1. The van der Waals surface area contributed by atoms with E-state index in [1.165, 1.54) is 19.4 Å². The summed E-state index contributed by atoms with van der Waals surface area (Å²) in [5, 5.41) is 4.14. The lowest BCUT2D eigenvalue weighted by Crippen LogP contribution is -2.35. The third-order valence-electron chi connectivity index (χ3n) is 4.01. The average Bonchev–Trinajstić information content (AvgIpc) is 2.69. The maximum absolute atomic E-state index is 11.5. The lowest BCUT2D eigenvalue weighted by Gasteiger charge is -2.29. The van der Waals surface area contributed by atoms with Gasteiger partial charge in [0.15, 0.2) is 0 Å². The number of likely N-dealkylation sites (tertiary alicyclic amines) is 1. The summed E-state index contributed by atoms with van der Waals surface area (Å²) in [5.74, 6) is 0.443. The molecule has 1 aliphatic heterocycles. The van der Waals surface area contributed by atoms with Gasteiger partial charge in [0, 0.05) is 12.5 Å². The minimum Gasteiger partial charge on any atom is -0.457 e. The Morgan fingerprint density at radius 1 is 1.40 bits per heavy atom. The fraction of sp³-hybridized carbons (Fsp3) is 0.867. The van der Waals surface area contributed by atoms with Crippen molar-refractivity contribution in [3.8, 4) is 0 Å². The van der Waals surface area contributed by atoms with Gasteiger partial charge in [0.2, 0.25) is 6.61 Å². The van der Waals surface area contributed by atoms with E-state index in [4.69, 9.17) is 9.57 Å². The van der Waals surface area contributed by atoms with Crippen molar-refractivity contribution in [3.05, 3.63) is 0 Å². The van der Waals surface area contributed by atoms with Crippen LogP contribution in [0, 0.1) is 5.92 Å². The van der Waals surface area contributed by atoms with Gasteiger partial charge < -0.3 is 14.5 Å². The molecule has 0 spiro atoms. The first-order chi connectivity index (χ1) is 9.35. The molecule has 114 valence electrons. The van der Waals surface area contributed by atoms with E-state index in [0.29, 0.717) is 6.04 Å². The van der Waals surface area contributed by atoms with Gasteiger partial charge in [-0.25, -0.2) is 4.79 Å². The number of nitrogens with zero attached hydrogens (tertiary/aromatic N) is 2. The number of hydrogen-bond acceptors (Lipinski definition) is 5. The molecule has 5 nitrogen and oxygen atoms in total. The van der Waals surface area contributed by atoms with Crippen LogP contribution in [0.15, 0.2) is 5.16 Å². The highest BCUT2D eigenvalue weighted by Crippen LogP contribution is 2.34. The Labute approximate surface area is 121 Å². The minimum atomic E-state index is -0.474. The molecule has 0 radical (unpaired) electrons. The lowest BCUT2D eigenvalue weighted by atomic mass is 9.84. The van der Waals surface area contributed by atoms with Crippen LogP contribution in [0.3, 0.4) is 0 Å². The SMILES string of the molecule is CN1CCC2CC/C(=N\OCC(=O)OC(C)(C)C)CC21. The van der Waals surface area contributed by atoms with Crippen molar-refractivity contribution < 1.29 is 14.4 Å². The van der Waals surface area contributed by atoms with Gasteiger partial charge >= 0.3 is 5.97 Å². The molecule has 20 heavy (non-hydrogen) atoms. The summed E-state index contributed by atoms with van der Waals surface area (Å²) >= 11 is 0. The van der Waals surface area contributed by atoms with Crippen LogP contribution < -0.4 is 0 Å². The molecule has 2 atom stereocenters. The molecule has 0 bridgehead atoms. The summed E-state index contributed by atoms with van der Waals surface area (Å²) in [6, 6.07) is 0.604. The molecule has 1 heterocycles. The molecule has 0 N–H and O–H groups in total. The Balaban J connectivity index is 1.76. The van der Waals surface area contributed by atoms with E-state index in [0.717, 1.165) is 24.5 Å². The number of rotatable bonds is 3. The highest BCUT2D eigenvalue weighted by Gasteiger charge is 2.35. The first kappa shape index (κ1) is 15.3. The van der Waals surface area contributed by atoms with Crippen molar-refractivity contribution in [2.75, 3.05) is 20.2 Å².